The Morgan fingerprint density at radius 3 is 2.65 bits per heavy atom. The molecule has 1 aliphatic heterocycles. The van der Waals surface area contributed by atoms with Gasteiger partial charge in [-0.15, -0.1) is 0 Å². The van der Waals surface area contributed by atoms with E-state index in [2.05, 4.69) is 57.4 Å². The highest BCUT2D eigenvalue weighted by atomic mass is 16.5. The Labute approximate surface area is 154 Å². The van der Waals surface area contributed by atoms with E-state index in [0.29, 0.717) is 0 Å². The van der Waals surface area contributed by atoms with Gasteiger partial charge >= 0.3 is 0 Å². The van der Waals surface area contributed by atoms with Crippen molar-refractivity contribution in [3.05, 3.63) is 72.1 Å². The van der Waals surface area contributed by atoms with Crippen LogP contribution in [0.4, 0.5) is 0 Å². The van der Waals surface area contributed by atoms with Gasteiger partial charge in [-0.1, -0.05) is 36.9 Å². The van der Waals surface area contributed by atoms with Crippen molar-refractivity contribution in [2.24, 2.45) is 0 Å². The molecule has 0 aliphatic carbocycles. The lowest BCUT2D eigenvalue weighted by atomic mass is 10.1. The number of nitrogens with zero attached hydrogens (tertiary/aromatic N) is 3. The van der Waals surface area contributed by atoms with Gasteiger partial charge in [0.1, 0.15) is 5.65 Å². The smallest absolute Gasteiger partial charge is 0.140 e. The van der Waals surface area contributed by atoms with Crippen LogP contribution in [0.5, 0.6) is 0 Å². The Balaban J connectivity index is 1.68. The van der Waals surface area contributed by atoms with Gasteiger partial charge in [0.2, 0.25) is 0 Å². The van der Waals surface area contributed by atoms with Gasteiger partial charge in [-0.2, -0.15) is 0 Å². The SMILES string of the molecule is C=Cc1c(CCN2CCOCC2)c2cccnc2n1Cc1ccccc1. The van der Waals surface area contributed by atoms with Crippen LogP contribution in [-0.4, -0.2) is 47.3 Å². The maximum atomic E-state index is 5.47. The molecular weight excluding hydrogens is 322 g/mol. The monoisotopic (exact) mass is 347 g/mol. The van der Waals surface area contributed by atoms with Gasteiger partial charge in [0.25, 0.3) is 0 Å². The van der Waals surface area contributed by atoms with E-state index in [9.17, 15) is 0 Å². The van der Waals surface area contributed by atoms with Gasteiger partial charge < -0.3 is 9.30 Å². The molecule has 4 heteroatoms. The van der Waals surface area contributed by atoms with Crippen molar-refractivity contribution in [2.75, 3.05) is 32.8 Å². The van der Waals surface area contributed by atoms with E-state index in [1.807, 2.05) is 18.3 Å². The van der Waals surface area contributed by atoms with Gasteiger partial charge in [-0.3, -0.25) is 4.90 Å². The molecule has 134 valence electrons. The number of pyridine rings is 1. The first-order valence-corrected chi connectivity index (χ1v) is 9.29. The summed E-state index contributed by atoms with van der Waals surface area (Å²) in [4.78, 5) is 7.16. The molecular formula is C22H25N3O. The van der Waals surface area contributed by atoms with Crippen molar-refractivity contribution in [3.8, 4) is 0 Å². The highest BCUT2D eigenvalue weighted by Gasteiger charge is 2.18. The number of morpholine rings is 1. The molecule has 0 radical (unpaired) electrons. The van der Waals surface area contributed by atoms with Crippen LogP contribution in [0.2, 0.25) is 0 Å². The van der Waals surface area contributed by atoms with Crippen molar-refractivity contribution in [1.29, 1.82) is 0 Å². The topological polar surface area (TPSA) is 30.3 Å². The lowest BCUT2D eigenvalue weighted by Gasteiger charge is -2.26. The normalized spacial score (nSPS) is 15.4. The predicted molar refractivity (Wildman–Crippen MR) is 106 cm³/mol. The fourth-order valence-electron chi connectivity index (χ4n) is 3.78. The maximum absolute atomic E-state index is 5.47. The summed E-state index contributed by atoms with van der Waals surface area (Å²) in [7, 11) is 0. The molecule has 4 nitrogen and oxygen atoms in total. The van der Waals surface area contributed by atoms with Gasteiger partial charge in [0.05, 0.1) is 13.2 Å². The van der Waals surface area contributed by atoms with Crippen molar-refractivity contribution in [1.82, 2.24) is 14.5 Å². The van der Waals surface area contributed by atoms with Crippen molar-refractivity contribution in [2.45, 2.75) is 13.0 Å². The molecule has 4 rings (SSSR count). The molecule has 0 bridgehead atoms. The molecule has 0 amide bonds. The van der Waals surface area contributed by atoms with Crippen LogP contribution >= 0.6 is 0 Å². The number of aromatic nitrogens is 2. The zero-order valence-corrected chi connectivity index (χ0v) is 15.1. The van der Waals surface area contributed by atoms with E-state index in [1.54, 1.807) is 0 Å². The Morgan fingerprint density at radius 2 is 1.88 bits per heavy atom. The summed E-state index contributed by atoms with van der Waals surface area (Å²) in [5.41, 5.74) is 4.86. The summed E-state index contributed by atoms with van der Waals surface area (Å²) in [6.07, 6.45) is 4.87. The number of benzene rings is 1. The second-order valence-electron chi connectivity index (χ2n) is 6.72. The summed E-state index contributed by atoms with van der Waals surface area (Å²) in [5.74, 6) is 0. The molecule has 1 aromatic carbocycles. The first-order chi connectivity index (χ1) is 12.9. The minimum absolute atomic E-state index is 0.813. The lowest BCUT2D eigenvalue weighted by molar-refractivity contribution is 0.0385. The fourth-order valence-corrected chi connectivity index (χ4v) is 3.78. The van der Waals surface area contributed by atoms with Crippen LogP contribution in [-0.2, 0) is 17.7 Å². The Bertz CT molecular complexity index is 879. The Morgan fingerprint density at radius 1 is 1.08 bits per heavy atom. The predicted octanol–water partition coefficient (Wildman–Crippen LogP) is 3.60. The average Bonchev–Trinajstić information content (AvgIpc) is 3.01. The average molecular weight is 347 g/mol. The van der Waals surface area contributed by atoms with E-state index in [-0.39, 0.29) is 0 Å². The van der Waals surface area contributed by atoms with Crippen LogP contribution in [0, 0.1) is 0 Å². The third-order valence-corrected chi connectivity index (χ3v) is 5.13. The molecule has 0 atom stereocenters. The van der Waals surface area contributed by atoms with Crippen molar-refractivity contribution in [3.63, 3.8) is 0 Å². The highest BCUT2D eigenvalue weighted by molar-refractivity contribution is 5.85. The minimum atomic E-state index is 0.813. The van der Waals surface area contributed by atoms with E-state index >= 15 is 0 Å². The first kappa shape index (κ1) is 17.0. The number of rotatable bonds is 6. The van der Waals surface area contributed by atoms with Gasteiger partial charge in [0, 0.05) is 43.5 Å². The molecule has 3 heterocycles. The molecule has 3 aromatic rings. The minimum Gasteiger partial charge on any atom is -0.379 e. The number of hydrogen-bond acceptors (Lipinski definition) is 3. The third kappa shape index (κ3) is 3.43. The summed E-state index contributed by atoms with van der Waals surface area (Å²) in [6.45, 7) is 9.67. The first-order valence-electron chi connectivity index (χ1n) is 9.29. The molecule has 0 unspecified atom stereocenters. The standard InChI is InChI=1S/C22H25N3O/c1-2-21-19(10-12-24-13-15-26-16-14-24)20-9-6-11-23-22(20)25(21)17-18-7-4-3-5-8-18/h2-9,11H,1,10,12-17H2. The summed E-state index contributed by atoms with van der Waals surface area (Å²) >= 11 is 0. The Hall–Kier alpha value is -2.43. The zero-order valence-electron chi connectivity index (χ0n) is 15.1. The van der Waals surface area contributed by atoms with Gasteiger partial charge in [-0.05, 0) is 35.8 Å². The van der Waals surface area contributed by atoms with Crippen LogP contribution in [0.25, 0.3) is 17.1 Å². The summed E-state index contributed by atoms with van der Waals surface area (Å²) in [6, 6.07) is 14.8. The van der Waals surface area contributed by atoms with Crippen molar-refractivity contribution < 1.29 is 4.74 Å². The highest BCUT2D eigenvalue weighted by Crippen LogP contribution is 2.27. The van der Waals surface area contributed by atoms with Gasteiger partial charge in [-0.25, -0.2) is 4.98 Å². The summed E-state index contributed by atoms with van der Waals surface area (Å²) < 4.78 is 7.76. The zero-order chi connectivity index (χ0) is 17.8. The number of hydrogen-bond donors (Lipinski definition) is 0. The molecule has 1 aliphatic rings. The third-order valence-electron chi connectivity index (χ3n) is 5.13. The second kappa shape index (κ2) is 7.85. The van der Waals surface area contributed by atoms with E-state index in [0.717, 1.165) is 51.5 Å². The number of ether oxygens (including phenoxy) is 1. The van der Waals surface area contributed by atoms with Crippen LogP contribution in [0.3, 0.4) is 0 Å². The molecule has 0 N–H and O–H groups in total. The molecule has 0 spiro atoms. The molecule has 26 heavy (non-hydrogen) atoms. The van der Waals surface area contributed by atoms with Crippen LogP contribution < -0.4 is 0 Å². The van der Waals surface area contributed by atoms with E-state index < -0.39 is 0 Å². The van der Waals surface area contributed by atoms with Crippen LogP contribution in [0.15, 0.2) is 55.2 Å². The molecule has 2 aromatic heterocycles. The molecule has 1 fully saturated rings. The molecule has 0 saturated carbocycles. The number of fused-ring (bicyclic) bond motifs is 1. The van der Waals surface area contributed by atoms with E-state index in [1.165, 1.54) is 22.2 Å². The van der Waals surface area contributed by atoms with Crippen LogP contribution in [0.1, 0.15) is 16.8 Å². The quantitative estimate of drug-likeness (QED) is 0.682. The fraction of sp³-hybridized carbons (Fsp3) is 0.318. The second-order valence-corrected chi connectivity index (χ2v) is 6.72. The van der Waals surface area contributed by atoms with Crippen molar-refractivity contribution >= 4 is 17.1 Å². The maximum Gasteiger partial charge on any atom is 0.140 e. The molecule has 1 saturated heterocycles. The summed E-state index contributed by atoms with van der Waals surface area (Å²) in [5, 5.41) is 1.24. The largest absolute Gasteiger partial charge is 0.379 e. The van der Waals surface area contributed by atoms with E-state index in [4.69, 9.17) is 4.74 Å². The van der Waals surface area contributed by atoms with Gasteiger partial charge in [0.15, 0.2) is 0 Å². The lowest BCUT2D eigenvalue weighted by Crippen LogP contribution is -2.37. The Kier molecular flexibility index (Phi) is 5.14.